The summed E-state index contributed by atoms with van der Waals surface area (Å²) in [4.78, 5) is 27.1. The third kappa shape index (κ3) is 3.35. The molecule has 1 N–H and O–H groups in total. The average molecular weight is 331 g/mol. The maximum absolute atomic E-state index is 12.5. The van der Waals surface area contributed by atoms with Crippen molar-refractivity contribution in [2.45, 2.75) is 44.2 Å². The number of nitrogens with one attached hydrogen (secondary N) is 1. The Bertz CT molecular complexity index is 570. The number of piperazine rings is 1. The number of carbonyl (C=O) groups is 1. The molecule has 1 aromatic rings. The van der Waals surface area contributed by atoms with Crippen molar-refractivity contribution in [2.24, 2.45) is 5.92 Å². The Morgan fingerprint density at radius 2 is 2.17 bits per heavy atom. The van der Waals surface area contributed by atoms with Crippen LogP contribution in [0.3, 0.4) is 0 Å². The number of likely N-dealkylation sites (tertiary alicyclic amines) is 1. The van der Waals surface area contributed by atoms with Crippen molar-refractivity contribution < 1.29 is 4.79 Å². The monoisotopic (exact) mass is 331 g/mol. The van der Waals surface area contributed by atoms with Gasteiger partial charge in [0.1, 0.15) is 0 Å². The quantitative estimate of drug-likeness (QED) is 0.904. The normalized spacial score (nSPS) is 30.0. The van der Waals surface area contributed by atoms with E-state index in [0.717, 1.165) is 58.0 Å². The van der Waals surface area contributed by atoms with E-state index in [1.165, 1.54) is 18.5 Å². The van der Waals surface area contributed by atoms with Crippen LogP contribution in [0.1, 0.15) is 37.8 Å². The molecule has 1 aromatic heterocycles. The first-order valence-electron chi connectivity index (χ1n) is 9.33. The van der Waals surface area contributed by atoms with E-state index in [4.69, 9.17) is 0 Å². The summed E-state index contributed by atoms with van der Waals surface area (Å²) in [6.45, 7) is 6.05. The topological polar surface area (TPSA) is 55.5 Å². The summed E-state index contributed by atoms with van der Waals surface area (Å²) in [5.74, 6) is 1.15. The van der Waals surface area contributed by atoms with Crippen molar-refractivity contribution >= 4 is 5.91 Å². The molecular weight excluding hydrogens is 302 g/mol. The van der Waals surface area contributed by atoms with Gasteiger partial charge in [-0.25, -0.2) is 4.98 Å². The first kappa shape index (κ1) is 16.1. The molecule has 1 aliphatic carbocycles. The molecule has 132 valence electrons. The summed E-state index contributed by atoms with van der Waals surface area (Å²) in [6, 6.07) is 0. The van der Waals surface area contributed by atoms with Crippen LogP contribution in [0.25, 0.3) is 0 Å². The third-order valence-corrected chi connectivity index (χ3v) is 6.21. The Hall–Kier alpha value is -1.40. The molecule has 0 radical (unpaired) electrons. The van der Waals surface area contributed by atoms with Gasteiger partial charge < -0.3 is 9.88 Å². The summed E-state index contributed by atoms with van der Waals surface area (Å²) in [5, 5.41) is 0. The van der Waals surface area contributed by atoms with Crippen LogP contribution < -0.4 is 0 Å². The Kier molecular flexibility index (Phi) is 4.35. The highest BCUT2D eigenvalue weighted by Crippen LogP contribution is 2.35. The first-order chi connectivity index (χ1) is 11.6. The van der Waals surface area contributed by atoms with E-state index >= 15 is 0 Å². The lowest BCUT2D eigenvalue weighted by atomic mass is 9.86. The number of H-pyrrole nitrogens is 1. The molecular formula is C18H29N5O. The molecule has 1 spiro atoms. The third-order valence-electron chi connectivity index (χ3n) is 6.21. The van der Waals surface area contributed by atoms with Gasteiger partial charge in [0, 0.05) is 63.1 Å². The van der Waals surface area contributed by atoms with Crippen molar-refractivity contribution in [3.8, 4) is 0 Å². The predicted octanol–water partition coefficient (Wildman–Crippen LogP) is 1.32. The van der Waals surface area contributed by atoms with Gasteiger partial charge in [-0.1, -0.05) is 0 Å². The lowest BCUT2D eigenvalue weighted by molar-refractivity contribution is -0.131. The number of aromatic amines is 1. The molecule has 1 saturated carbocycles. The van der Waals surface area contributed by atoms with E-state index in [-0.39, 0.29) is 5.54 Å². The summed E-state index contributed by atoms with van der Waals surface area (Å²) < 4.78 is 0. The van der Waals surface area contributed by atoms with E-state index in [1.807, 2.05) is 6.20 Å². The lowest BCUT2D eigenvalue weighted by Crippen LogP contribution is -2.60. The van der Waals surface area contributed by atoms with Gasteiger partial charge in [-0.3, -0.25) is 14.6 Å². The van der Waals surface area contributed by atoms with Crippen LogP contribution in [0.15, 0.2) is 12.5 Å². The van der Waals surface area contributed by atoms with Crippen molar-refractivity contribution in [3.05, 3.63) is 18.2 Å². The Morgan fingerprint density at radius 3 is 2.92 bits per heavy atom. The van der Waals surface area contributed by atoms with Crippen molar-refractivity contribution in [1.29, 1.82) is 0 Å². The second-order valence-corrected chi connectivity index (χ2v) is 7.97. The Balaban J connectivity index is 1.44. The fourth-order valence-corrected chi connectivity index (χ4v) is 4.33. The number of rotatable bonds is 4. The molecule has 2 saturated heterocycles. The summed E-state index contributed by atoms with van der Waals surface area (Å²) in [7, 11) is 2.24. The zero-order chi connectivity index (χ0) is 16.6. The summed E-state index contributed by atoms with van der Waals surface area (Å²) in [6.07, 6.45) is 9.08. The zero-order valence-corrected chi connectivity index (χ0v) is 14.7. The number of hydrogen-bond donors (Lipinski definition) is 1. The largest absolute Gasteiger partial charge is 0.347 e. The number of likely N-dealkylation sites (N-methyl/N-ethyl adjacent to an activating group) is 1. The molecule has 2 aliphatic heterocycles. The first-order valence-corrected chi connectivity index (χ1v) is 9.33. The smallest absolute Gasteiger partial charge is 0.222 e. The van der Waals surface area contributed by atoms with Crippen LogP contribution in [-0.2, 0) is 11.3 Å². The number of carbonyl (C=O) groups excluding carboxylic acids is 1. The molecule has 3 aliphatic rings. The zero-order valence-electron chi connectivity index (χ0n) is 14.7. The van der Waals surface area contributed by atoms with Crippen molar-refractivity contribution in [2.75, 3.05) is 39.8 Å². The molecule has 0 aromatic carbocycles. The van der Waals surface area contributed by atoms with Gasteiger partial charge in [0.15, 0.2) is 0 Å². The molecule has 4 rings (SSSR count). The maximum Gasteiger partial charge on any atom is 0.222 e. The van der Waals surface area contributed by atoms with E-state index in [9.17, 15) is 4.79 Å². The second kappa shape index (κ2) is 6.48. The minimum absolute atomic E-state index is 0.145. The highest BCUT2D eigenvalue weighted by atomic mass is 16.2. The molecule has 6 heteroatoms. The second-order valence-electron chi connectivity index (χ2n) is 7.97. The average Bonchev–Trinajstić information content (AvgIpc) is 3.28. The fourth-order valence-electron chi connectivity index (χ4n) is 4.33. The van der Waals surface area contributed by atoms with Gasteiger partial charge in [-0.15, -0.1) is 0 Å². The SMILES string of the molecule is CN1CCN(Cc2cnc[nH]2)C[C@@]12CCC(=O)N(CC1CC1)CC2. The minimum atomic E-state index is 0.145. The fraction of sp³-hybridized carbons (Fsp3) is 0.778. The lowest BCUT2D eigenvalue weighted by Gasteiger charge is -2.49. The number of hydrogen-bond acceptors (Lipinski definition) is 4. The van der Waals surface area contributed by atoms with Crippen LogP contribution in [0, 0.1) is 5.92 Å². The number of amides is 1. The number of aromatic nitrogens is 2. The van der Waals surface area contributed by atoms with Gasteiger partial charge in [-0.2, -0.15) is 0 Å². The van der Waals surface area contributed by atoms with Crippen LogP contribution in [-0.4, -0.2) is 75.9 Å². The maximum atomic E-state index is 12.5. The summed E-state index contributed by atoms with van der Waals surface area (Å²) >= 11 is 0. The van der Waals surface area contributed by atoms with Gasteiger partial charge in [-0.05, 0) is 38.6 Å². The molecule has 0 bridgehead atoms. The van der Waals surface area contributed by atoms with Crippen LogP contribution >= 0.6 is 0 Å². The van der Waals surface area contributed by atoms with Gasteiger partial charge >= 0.3 is 0 Å². The highest BCUT2D eigenvalue weighted by Gasteiger charge is 2.42. The molecule has 24 heavy (non-hydrogen) atoms. The van der Waals surface area contributed by atoms with E-state index in [0.29, 0.717) is 12.3 Å². The standard InChI is InChI=1S/C18H29N5O/c1-21-8-9-22(12-16-10-19-14-20-16)13-18(21)5-4-17(24)23(7-6-18)11-15-2-3-15/h10,14-15H,2-9,11-13H2,1H3,(H,19,20)/t18-/m0/s1. The van der Waals surface area contributed by atoms with Gasteiger partial charge in [0.05, 0.1) is 6.33 Å². The number of imidazole rings is 1. The Labute approximate surface area is 144 Å². The molecule has 1 amide bonds. The molecule has 3 fully saturated rings. The molecule has 0 unspecified atom stereocenters. The molecule has 1 atom stereocenters. The van der Waals surface area contributed by atoms with E-state index in [1.54, 1.807) is 6.33 Å². The van der Waals surface area contributed by atoms with E-state index in [2.05, 4.69) is 31.7 Å². The van der Waals surface area contributed by atoms with Crippen molar-refractivity contribution in [3.63, 3.8) is 0 Å². The highest BCUT2D eigenvalue weighted by molar-refractivity contribution is 5.76. The van der Waals surface area contributed by atoms with Crippen LogP contribution in [0.4, 0.5) is 0 Å². The number of nitrogens with zero attached hydrogens (tertiary/aromatic N) is 4. The van der Waals surface area contributed by atoms with Gasteiger partial charge in [0.2, 0.25) is 5.91 Å². The Morgan fingerprint density at radius 1 is 1.29 bits per heavy atom. The summed E-state index contributed by atoms with van der Waals surface area (Å²) in [5.41, 5.74) is 1.32. The van der Waals surface area contributed by atoms with E-state index < -0.39 is 0 Å². The van der Waals surface area contributed by atoms with Crippen LogP contribution in [0.5, 0.6) is 0 Å². The van der Waals surface area contributed by atoms with Crippen molar-refractivity contribution in [1.82, 2.24) is 24.7 Å². The predicted molar refractivity (Wildman–Crippen MR) is 92.4 cm³/mol. The molecule has 3 heterocycles. The van der Waals surface area contributed by atoms with Gasteiger partial charge in [0.25, 0.3) is 0 Å². The minimum Gasteiger partial charge on any atom is -0.347 e. The van der Waals surface area contributed by atoms with Crippen LogP contribution in [0.2, 0.25) is 0 Å². The molecule has 6 nitrogen and oxygen atoms in total.